The van der Waals surface area contributed by atoms with E-state index >= 15 is 0 Å². The highest BCUT2D eigenvalue weighted by molar-refractivity contribution is 7.99. The van der Waals surface area contributed by atoms with Gasteiger partial charge in [0.15, 0.2) is 5.96 Å². The van der Waals surface area contributed by atoms with Gasteiger partial charge < -0.3 is 10.6 Å². The van der Waals surface area contributed by atoms with Crippen LogP contribution in [0.4, 0.5) is 0 Å². The highest BCUT2D eigenvalue weighted by Crippen LogP contribution is 2.21. The van der Waals surface area contributed by atoms with E-state index < -0.39 is 9.84 Å². The Hall–Kier alpha value is -0.920. The van der Waals surface area contributed by atoms with Crippen LogP contribution in [0.25, 0.3) is 0 Å². The van der Waals surface area contributed by atoms with Crippen molar-refractivity contribution in [2.24, 2.45) is 10.4 Å². The van der Waals surface area contributed by atoms with Crippen LogP contribution < -0.4 is 10.6 Å². The summed E-state index contributed by atoms with van der Waals surface area (Å²) in [7, 11) is -2.94. The van der Waals surface area contributed by atoms with E-state index in [0.717, 1.165) is 29.8 Å². The molecule has 0 aromatic heterocycles. The van der Waals surface area contributed by atoms with Crippen molar-refractivity contribution in [2.75, 3.05) is 37.4 Å². The van der Waals surface area contributed by atoms with E-state index in [2.05, 4.69) is 15.6 Å². The average molecular weight is 420 g/mol. The Morgan fingerprint density at radius 2 is 1.88 bits per heavy atom. The van der Waals surface area contributed by atoms with Gasteiger partial charge in [-0.1, -0.05) is 25.4 Å². The van der Waals surface area contributed by atoms with E-state index in [9.17, 15) is 8.42 Å². The van der Waals surface area contributed by atoms with Gasteiger partial charge in [0.05, 0.1) is 5.75 Å². The Balaban J connectivity index is 2.45. The second-order valence-electron chi connectivity index (χ2n) is 6.97. The minimum atomic E-state index is -2.94. The highest BCUT2D eigenvalue weighted by Gasteiger charge is 2.20. The van der Waals surface area contributed by atoms with Crippen molar-refractivity contribution in [3.63, 3.8) is 0 Å². The zero-order valence-corrected chi connectivity index (χ0v) is 18.4. The molecule has 0 saturated carbocycles. The van der Waals surface area contributed by atoms with Gasteiger partial charge in [-0.25, -0.2) is 8.42 Å². The second kappa shape index (κ2) is 11.0. The number of benzene rings is 1. The fraction of sp³-hybridized carbons (Fsp3) is 0.611. The lowest BCUT2D eigenvalue weighted by atomic mass is 9.90. The smallest absolute Gasteiger partial charge is 0.191 e. The Bertz CT molecular complexity index is 674. The first-order chi connectivity index (χ1) is 12.1. The summed E-state index contributed by atoms with van der Waals surface area (Å²) in [6, 6.07) is 7.80. The molecule has 148 valence electrons. The maximum atomic E-state index is 11.4. The summed E-state index contributed by atoms with van der Waals surface area (Å²) in [5.74, 6) is 1.86. The van der Waals surface area contributed by atoms with Crippen molar-refractivity contribution in [2.45, 2.75) is 32.1 Å². The van der Waals surface area contributed by atoms with Crippen LogP contribution in [-0.4, -0.2) is 51.8 Å². The third-order valence-corrected chi connectivity index (χ3v) is 5.85. The fourth-order valence-corrected chi connectivity index (χ4v) is 3.86. The Morgan fingerprint density at radius 3 is 2.46 bits per heavy atom. The molecule has 5 nitrogen and oxygen atoms in total. The van der Waals surface area contributed by atoms with E-state index in [-0.39, 0.29) is 11.2 Å². The molecule has 1 rings (SSSR count). The monoisotopic (exact) mass is 419 g/mol. The largest absolute Gasteiger partial charge is 0.357 e. The van der Waals surface area contributed by atoms with Crippen LogP contribution in [0.5, 0.6) is 0 Å². The van der Waals surface area contributed by atoms with Crippen LogP contribution in [0.3, 0.4) is 0 Å². The molecule has 0 amide bonds. The minimum Gasteiger partial charge on any atom is -0.357 e. The summed E-state index contributed by atoms with van der Waals surface area (Å²) < 4.78 is 22.7. The Labute approximate surface area is 167 Å². The molecule has 0 fully saturated rings. The van der Waals surface area contributed by atoms with E-state index in [0.29, 0.717) is 13.0 Å². The zero-order chi connectivity index (χ0) is 19.6. The summed E-state index contributed by atoms with van der Waals surface area (Å²) in [5, 5.41) is 7.29. The first-order valence-electron chi connectivity index (χ1n) is 8.69. The predicted molar refractivity (Wildman–Crippen MR) is 114 cm³/mol. The molecule has 0 unspecified atom stereocenters. The topological polar surface area (TPSA) is 70.6 Å². The fourth-order valence-electron chi connectivity index (χ4n) is 2.04. The number of aliphatic imine (C=N–C) groups is 1. The number of halogens is 1. The maximum Gasteiger partial charge on any atom is 0.191 e. The van der Waals surface area contributed by atoms with Crippen LogP contribution in [0.15, 0.2) is 34.2 Å². The quantitative estimate of drug-likeness (QED) is 0.263. The Morgan fingerprint density at radius 1 is 1.23 bits per heavy atom. The Kier molecular flexibility index (Phi) is 9.82. The van der Waals surface area contributed by atoms with Crippen molar-refractivity contribution in [3.05, 3.63) is 29.3 Å². The molecule has 1 aromatic rings. The molecular weight excluding hydrogens is 390 g/mol. The number of rotatable bonds is 10. The van der Waals surface area contributed by atoms with E-state index in [1.165, 1.54) is 11.2 Å². The zero-order valence-electron chi connectivity index (χ0n) is 16.0. The normalized spacial score (nSPS) is 12.9. The SMILES string of the molecule is CCNC(=NCC(C)(C)CCS(C)(=O)=O)NCCSc1ccc(Cl)cc1. The van der Waals surface area contributed by atoms with Crippen molar-refractivity contribution in [1.29, 1.82) is 0 Å². The molecule has 0 aliphatic heterocycles. The summed E-state index contributed by atoms with van der Waals surface area (Å²) in [4.78, 5) is 5.80. The van der Waals surface area contributed by atoms with E-state index in [1.807, 2.05) is 45.0 Å². The molecular formula is C18H30ClN3O2S2. The van der Waals surface area contributed by atoms with Crippen LogP contribution in [0.1, 0.15) is 27.2 Å². The molecule has 0 heterocycles. The number of sulfone groups is 1. The maximum absolute atomic E-state index is 11.4. The molecule has 0 spiro atoms. The average Bonchev–Trinajstić information content (AvgIpc) is 2.56. The molecule has 26 heavy (non-hydrogen) atoms. The lowest BCUT2D eigenvalue weighted by Crippen LogP contribution is -2.39. The van der Waals surface area contributed by atoms with Crippen LogP contribution in [0, 0.1) is 5.41 Å². The second-order valence-corrected chi connectivity index (χ2v) is 10.8. The molecule has 2 N–H and O–H groups in total. The summed E-state index contributed by atoms with van der Waals surface area (Å²) in [5.41, 5.74) is -0.163. The molecule has 1 aromatic carbocycles. The highest BCUT2D eigenvalue weighted by atomic mass is 35.5. The van der Waals surface area contributed by atoms with Gasteiger partial charge >= 0.3 is 0 Å². The number of hydrogen-bond acceptors (Lipinski definition) is 4. The van der Waals surface area contributed by atoms with Gasteiger partial charge in [-0.05, 0) is 43.0 Å². The van der Waals surface area contributed by atoms with E-state index in [1.54, 1.807) is 11.8 Å². The first kappa shape index (κ1) is 23.1. The molecule has 0 aliphatic rings. The number of guanidine groups is 1. The number of nitrogens with zero attached hydrogens (tertiary/aromatic N) is 1. The van der Waals surface area contributed by atoms with E-state index in [4.69, 9.17) is 11.6 Å². The lowest BCUT2D eigenvalue weighted by molar-refractivity contribution is 0.365. The van der Waals surface area contributed by atoms with Crippen molar-refractivity contribution < 1.29 is 8.42 Å². The van der Waals surface area contributed by atoms with Crippen molar-refractivity contribution in [1.82, 2.24) is 10.6 Å². The standard InChI is InChI=1S/C18H30ClN3O2S2/c1-5-20-17(22-14-18(2,3)10-13-26(4,23)24)21-11-12-25-16-8-6-15(19)7-9-16/h6-9H,5,10-14H2,1-4H3,(H2,20,21,22). The molecule has 0 atom stereocenters. The van der Waals surface area contributed by atoms with Gasteiger partial charge in [0, 0.05) is 41.6 Å². The van der Waals surface area contributed by atoms with Gasteiger partial charge in [-0.15, -0.1) is 11.8 Å². The van der Waals surface area contributed by atoms with Crippen LogP contribution >= 0.6 is 23.4 Å². The van der Waals surface area contributed by atoms with Gasteiger partial charge in [0.2, 0.25) is 0 Å². The molecule has 0 saturated heterocycles. The van der Waals surface area contributed by atoms with Gasteiger partial charge in [0.1, 0.15) is 9.84 Å². The molecule has 8 heteroatoms. The van der Waals surface area contributed by atoms with Crippen LogP contribution in [-0.2, 0) is 9.84 Å². The molecule has 0 bridgehead atoms. The number of nitrogens with one attached hydrogen (secondary N) is 2. The van der Waals surface area contributed by atoms with Gasteiger partial charge in [0.25, 0.3) is 0 Å². The van der Waals surface area contributed by atoms with Crippen LogP contribution in [0.2, 0.25) is 5.02 Å². The molecule has 0 aliphatic carbocycles. The van der Waals surface area contributed by atoms with Crippen molar-refractivity contribution in [3.8, 4) is 0 Å². The lowest BCUT2D eigenvalue weighted by Gasteiger charge is -2.22. The predicted octanol–water partition coefficient (Wildman–Crippen LogP) is 3.45. The minimum absolute atomic E-state index is 0.163. The van der Waals surface area contributed by atoms with Gasteiger partial charge in [-0.2, -0.15) is 0 Å². The van der Waals surface area contributed by atoms with Crippen molar-refractivity contribution >= 4 is 39.2 Å². The molecule has 0 radical (unpaired) electrons. The summed E-state index contributed by atoms with van der Waals surface area (Å²) in [6.07, 6.45) is 1.87. The summed E-state index contributed by atoms with van der Waals surface area (Å²) >= 11 is 7.64. The first-order valence-corrected chi connectivity index (χ1v) is 12.1. The number of thioether (sulfide) groups is 1. The van der Waals surface area contributed by atoms with Gasteiger partial charge in [-0.3, -0.25) is 4.99 Å². The third-order valence-electron chi connectivity index (χ3n) is 3.64. The third kappa shape index (κ3) is 10.9. The summed E-state index contributed by atoms with van der Waals surface area (Å²) in [6.45, 7) is 8.24. The number of hydrogen-bond donors (Lipinski definition) is 2.